The van der Waals surface area contributed by atoms with Gasteiger partial charge in [-0.3, -0.25) is 4.67 Å². The summed E-state index contributed by atoms with van der Waals surface area (Å²) < 4.78 is 2.19. The van der Waals surface area contributed by atoms with Crippen LogP contribution in [-0.2, 0) is 0 Å². The van der Waals surface area contributed by atoms with Crippen molar-refractivity contribution in [3.63, 3.8) is 0 Å². The van der Waals surface area contributed by atoms with E-state index < -0.39 is 8.07 Å². The minimum atomic E-state index is -0.782. The number of nitrogens with one attached hydrogen (secondary N) is 2. The van der Waals surface area contributed by atoms with Crippen molar-refractivity contribution in [3.8, 4) is 0 Å². The fourth-order valence-electron chi connectivity index (χ4n) is 1.30. The van der Waals surface area contributed by atoms with Gasteiger partial charge in [0.15, 0.2) is 0 Å². The first-order valence-electron chi connectivity index (χ1n) is 4.12. The molecule has 70 valence electrons. The van der Waals surface area contributed by atoms with E-state index in [4.69, 9.17) is 10.8 Å². The lowest BCUT2D eigenvalue weighted by molar-refractivity contribution is 0.329. The lowest BCUT2D eigenvalue weighted by Gasteiger charge is -2.33. The van der Waals surface area contributed by atoms with Crippen LogP contribution in [0.2, 0.25) is 0 Å². The minimum Gasteiger partial charge on any atom is -0.307 e. The summed E-state index contributed by atoms with van der Waals surface area (Å²) in [4.78, 5) is 0. The molecule has 0 aliphatic carbocycles. The lowest BCUT2D eigenvalue weighted by atomic mass is 10.3. The molecule has 0 radical (unpaired) electrons. The quantitative estimate of drug-likeness (QED) is 0.504. The van der Waals surface area contributed by atoms with Gasteiger partial charge < -0.3 is 10.8 Å². The highest BCUT2D eigenvalue weighted by molar-refractivity contribution is 7.83. The number of rotatable bonds is 5. The summed E-state index contributed by atoms with van der Waals surface area (Å²) >= 11 is 0. The molecular weight excluding hydrogens is 169 g/mol. The topological polar surface area (TPSA) is 50.9 Å². The molecule has 0 saturated carbocycles. The van der Waals surface area contributed by atoms with Crippen molar-refractivity contribution in [1.29, 1.82) is 10.8 Å². The fraction of sp³-hybridized carbons (Fsp3) is 0.750. The van der Waals surface area contributed by atoms with Crippen molar-refractivity contribution in [3.05, 3.63) is 0 Å². The average Bonchev–Trinajstić information content (AvgIpc) is 1.98. The zero-order valence-corrected chi connectivity index (χ0v) is 9.10. The Morgan fingerprint density at radius 2 is 1.33 bits per heavy atom. The van der Waals surface area contributed by atoms with Crippen LogP contribution in [0.5, 0.6) is 0 Å². The highest BCUT2D eigenvalue weighted by atomic mass is 31.1. The summed E-state index contributed by atoms with van der Waals surface area (Å²) in [5, 5.41) is 14.4. The number of hydrogen-bond donors (Lipinski definition) is 2. The predicted molar refractivity (Wildman–Crippen MR) is 56.6 cm³/mol. The zero-order valence-electron chi connectivity index (χ0n) is 8.20. The Morgan fingerprint density at radius 1 is 1.00 bits per heavy atom. The summed E-state index contributed by atoms with van der Waals surface area (Å²) in [5.74, 6) is 2.75. The van der Waals surface area contributed by atoms with E-state index >= 15 is 0 Å². The van der Waals surface area contributed by atoms with Gasteiger partial charge in [-0.2, -0.15) is 0 Å². The second-order valence-corrected chi connectivity index (χ2v) is 4.94. The Hall–Kier alpha value is -0.270. The Bertz CT molecular complexity index is 140. The molecule has 0 amide bonds. The minimum absolute atomic E-state index is 0.402. The molecular formula is C8H18N3P. The SMILES string of the molecule is CC(C)N(C(C)C)P(C=N)C=N. The van der Waals surface area contributed by atoms with Gasteiger partial charge in [-0.05, 0) is 27.7 Å². The van der Waals surface area contributed by atoms with Crippen LogP contribution in [-0.4, -0.2) is 28.7 Å². The second kappa shape index (κ2) is 5.39. The van der Waals surface area contributed by atoms with Crippen molar-refractivity contribution >= 4 is 20.0 Å². The molecule has 0 aliphatic heterocycles. The van der Waals surface area contributed by atoms with Gasteiger partial charge in [-0.25, -0.2) is 0 Å². The molecule has 0 fully saturated rings. The van der Waals surface area contributed by atoms with E-state index in [2.05, 4.69) is 32.4 Å². The zero-order chi connectivity index (χ0) is 9.72. The van der Waals surface area contributed by atoms with Gasteiger partial charge in [0.05, 0.1) is 8.07 Å². The van der Waals surface area contributed by atoms with Crippen molar-refractivity contribution in [1.82, 2.24) is 4.67 Å². The summed E-state index contributed by atoms with van der Waals surface area (Å²) in [6, 6.07) is 0.804. The van der Waals surface area contributed by atoms with Gasteiger partial charge >= 0.3 is 0 Å². The van der Waals surface area contributed by atoms with Crippen molar-refractivity contribution in [2.45, 2.75) is 39.8 Å². The smallest absolute Gasteiger partial charge is 0.0502 e. The summed E-state index contributed by atoms with van der Waals surface area (Å²) in [5.41, 5.74) is 0. The van der Waals surface area contributed by atoms with E-state index in [0.717, 1.165) is 0 Å². The molecule has 12 heavy (non-hydrogen) atoms. The molecule has 2 N–H and O–H groups in total. The van der Waals surface area contributed by atoms with Crippen LogP contribution in [0, 0.1) is 10.8 Å². The number of nitrogens with zero attached hydrogens (tertiary/aromatic N) is 1. The Balaban J connectivity index is 4.46. The van der Waals surface area contributed by atoms with Crippen LogP contribution in [0.3, 0.4) is 0 Å². The normalized spacial score (nSPS) is 13.9. The summed E-state index contributed by atoms with van der Waals surface area (Å²) in [7, 11) is -0.782. The first-order chi connectivity index (χ1) is 5.54. The maximum absolute atomic E-state index is 7.19. The van der Waals surface area contributed by atoms with Gasteiger partial charge in [0.1, 0.15) is 0 Å². The molecule has 0 aliphatic rings. The van der Waals surface area contributed by atoms with Crippen LogP contribution in [0.4, 0.5) is 0 Å². The fourth-order valence-corrected chi connectivity index (χ4v) is 2.71. The first-order valence-corrected chi connectivity index (χ1v) is 5.55. The monoisotopic (exact) mass is 187 g/mol. The molecule has 0 rings (SSSR count). The third kappa shape index (κ3) is 3.00. The molecule has 0 heterocycles. The van der Waals surface area contributed by atoms with Crippen LogP contribution < -0.4 is 0 Å². The number of hydrogen-bond acceptors (Lipinski definition) is 3. The highest BCUT2D eigenvalue weighted by Gasteiger charge is 2.19. The van der Waals surface area contributed by atoms with Crippen LogP contribution in [0.15, 0.2) is 0 Å². The van der Waals surface area contributed by atoms with Gasteiger partial charge in [0, 0.05) is 24.0 Å². The predicted octanol–water partition coefficient (Wildman–Crippen LogP) is 2.72. The molecule has 0 saturated heterocycles. The maximum Gasteiger partial charge on any atom is 0.0502 e. The Kier molecular flexibility index (Phi) is 5.27. The molecule has 0 spiro atoms. The third-order valence-corrected chi connectivity index (χ3v) is 3.58. The largest absolute Gasteiger partial charge is 0.307 e. The van der Waals surface area contributed by atoms with Crippen LogP contribution in [0.1, 0.15) is 27.7 Å². The molecule has 0 aromatic rings. The molecule has 0 aromatic carbocycles. The molecule has 0 bridgehead atoms. The lowest BCUT2D eigenvalue weighted by Crippen LogP contribution is -2.32. The van der Waals surface area contributed by atoms with Crippen molar-refractivity contribution < 1.29 is 0 Å². The molecule has 3 nitrogen and oxygen atoms in total. The van der Waals surface area contributed by atoms with Gasteiger partial charge in [-0.15, -0.1) is 0 Å². The molecule has 0 atom stereocenters. The van der Waals surface area contributed by atoms with E-state index in [1.54, 1.807) is 0 Å². The van der Waals surface area contributed by atoms with Gasteiger partial charge in [0.2, 0.25) is 0 Å². The van der Waals surface area contributed by atoms with Crippen molar-refractivity contribution in [2.75, 3.05) is 0 Å². The maximum atomic E-state index is 7.19. The Morgan fingerprint density at radius 3 is 1.42 bits per heavy atom. The first kappa shape index (κ1) is 11.7. The molecule has 0 unspecified atom stereocenters. The van der Waals surface area contributed by atoms with Crippen molar-refractivity contribution in [2.24, 2.45) is 0 Å². The third-order valence-electron chi connectivity index (χ3n) is 1.59. The van der Waals surface area contributed by atoms with Gasteiger partial charge in [0.25, 0.3) is 0 Å². The van der Waals surface area contributed by atoms with Crippen LogP contribution >= 0.6 is 8.07 Å². The Labute approximate surface area is 76.0 Å². The van der Waals surface area contributed by atoms with E-state index in [9.17, 15) is 0 Å². The van der Waals surface area contributed by atoms with E-state index in [-0.39, 0.29) is 0 Å². The highest BCUT2D eigenvalue weighted by Crippen LogP contribution is 2.37. The second-order valence-electron chi connectivity index (χ2n) is 3.21. The summed E-state index contributed by atoms with van der Waals surface area (Å²) in [6.45, 7) is 8.40. The molecule has 0 aromatic heterocycles. The van der Waals surface area contributed by atoms with E-state index in [1.165, 1.54) is 11.9 Å². The van der Waals surface area contributed by atoms with Crippen LogP contribution in [0.25, 0.3) is 0 Å². The van der Waals surface area contributed by atoms with E-state index in [0.29, 0.717) is 12.1 Å². The van der Waals surface area contributed by atoms with Gasteiger partial charge in [-0.1, -0.05) is 0 Å². The average molecular weight is 187 g/mol. The molecule has 4 heteroatoms. The summed E-state index contributed by atoms with van der Waals surface area (Å²) in [6.07, 6.45) is 0. The van der Waals surface area contributed by atoms with E-state index in [1.807, 2.05) is 0 Å². The standard InChI is InChI=1S/C8H18N3P/c1-7(2)11(8(3)4)12(5-9)6-10/h5-10H,1-4H3.